The molecule has 0 aliphatic carbocycles. The van der Waals surface area contributed by atoms with Crippen LogP contribution in [-0.4, -0.2) is 53.2 Å². The third-order valence-corrected chi connectivity index (χ3v) is 6.17. The summed E-state index contributed by atoms with van der Waals surface area (Å²) >= 11 is 0. The summed E-state index contributed by atoms with van der Waals surface area (Å²) in [5.41, 5.74) is 2.22. The second-order valence-electron chi connectivity index (χ2n) is 7.76. The molecule has 184 valence electrons. The Labute approximate surface area is 225 Å². The van der Waals surface area contributed by atoms with E-state index in [-0.39, 0.29) is 62.0 Å². The van der Waals surface area contributed by atoms with E-state index in [9.17, 15) is 0 Å². The molecule has 0 unspecified atom stereocenters. The van der Waals surface area contributed by atoms with Crippen molar-refractivity contribution >= 4 is 78.8 Å². The molecule has 1 spiro atoms. The topological polar surface area (TPSA) is 76.1 Å². The van der Waals surface area contributed by atoms with Gasteiger partial charge in [0.2, 0.25) is 0 Å². The molecular formula is C21H29Cl5N6O. The van der Waals surface area contributed by atoms with Gasteiger partial charge in [-0.1, -0.05) is 0 Å². The zero-order chi connectivity index (χ0) is 19.0. The molecule has 0 atom stereocenters. The van der Waals surface area contributed by atoms with Crippen LogP contribution < -0.4 is 15.0 Å². The summed E-state index contributed by atoms with van der Waals surface area (Å²) < 4.78 is 5.61. The van der Waals surface area contributed by atoms with Crippen LogP contribution in [0.4, 0.5) is 5.82 Å². The van der Waals surface area contributed by atoms with Crippen LogP contribution in [0.3, 0.4) is 0 Å². The van der Waals surface area contributed by atoms with Crippen LogP contribution >= 0.6 is 62.0 Å². The highest BCUT2D eigenvalue weighted by Crippen LogP contribution is 2.40. The molecule has 5 heterocycles. The molecule has 0 aromatic carbocycles. The Kier molecular flexibility index (Phi) is 13.0. The predicted octanol–water partition coefficient (Wildman–Crippen LogP) is 4.78. The fourth-order valence-electron chi connectivity index (χ4n) is 4.46. The van der Waals surface area contributed by atoms with E-state index in [1.807, 2.05) is 12.1 Å². The maximum absolute atomic E-state index is 5.61. The second-order valence-corrected chi connectivity index (χ2v) is 7.76. The molecule has 2 aliphatic rings. The zero-order valence-corrected chi connectivity index (χ0v) is 22.2. The van der Waals surface area contributed by atoms with Gasteiger partial charge in [0.1, 0.15) is 11.6 Å². The zero-order valence-electron chi connectivity index (χ0n) is 18.1. The number of aromatic nitrogens is 4. The van der Waals surface area contributed by atoms with Gasteiger partial charge in [-0.2, -0.15) is 0 Å². The predicted molar refractivity (Wildman–Crippen MR) is 145 cm³/mol. The lowest BCUT2D eigenvalue weighted by Crippen LogP contribution is -2.41. The maximum Gasteiger partial charge on any atom is 0.162 e. The number of anilines is 1. The number of fused-ring (bicyclic) bond motifs is 1. The van der Waals surface area contributed by atoms with E-state index in [0.717, 1.165) is 54.2 Å². The summed E-state index contributed by atoms with van der Waals surface area (Å²) in [5, 5.41) is 4.48. The van der Waals surface area contributed by atoms with Gasteiger partial charge in [0.05, 0.1) is 30.4 Å². The Morgan fingerprint density at radius 3 is 2.21 bits per heavy atom. The van der Waals surface area contributed by atoms with E-state index in [0.29, 0.717) is 11.2 Å². The molecule has 2 saturated heterocycles. The van der Waals surface area contributed by atoms with Gasteiger partial charge in [0.15, 0.2) is 5.82 Å². The van der Waals surface area contributed by atoms with Crippen LogP contribution in [0.1, 0.15) is 19.3 Å². The van der Waals surface area contributed by atoms with Crippen molar-refractivity contribution in [2.75, 3.05) is 38.2 Å². The summed E-state index contributed by atoms with van der Waals surface area (Å²) in [6.07, 6.45) is 10.7. The summed E-state index contributed by atoms with van der Waals surface area (Å²) in [6, 6.07) is 3.88. The minimum Gasteiger partial charge on any atom is -0.494 e. The molecule has 2 fully saturated rings. The van der Waals surface area contributed by atoms with Crippen molar-refractivity contribution in [3.63, 3.8) is 0 Å². The van der Waals surface area contributed by atoms with E-state index in [2.05, 4.69) is 20.2 Å². The van der Waals surface area contributed by atoms with Crippen molar-refractivity contribution in [3.8, 4) is 17.1 Å². The highest BCUT2D eigenvalue weighted by molar-refractivity contribution is 5.95. The fourth-order valence-corrected chi connectivity index (χ4v) is 4.46. The standard InChI is InChI=1S/C21H24N6O.5ClH/c1-28-17-13-24-12-16-18(17)20(26-19(25-16)15-2-7-22-8-3-15)27-10-5-21(6-11-27)4-9-23-14-21;;;;;/h2-3,7-8,12-13,23H,4-6,9-11,14H2,1H3;5*1H. The highest BCUT2D eigenvalue weighted by atomic mass is 35.5. The van der Waals surface area contributed by atoms with E-state index in [1.54, 1.807) is 31.9 Å². The first-order valence-electron chi connectivity index (χ1n) is 9.84. The molecule has 3 aromatic heterocycles. The highest BCUT2D eigenvalue weighted by Gasteiger charge is 2.37. The lowest BCUT2D eigenvalue weighted by molar-refractivity contribution is 0.247. The Hall–Kier alpha value is -1.35. The first-order chi connectivity index (χ1) is 13.8. The lowest BCUT2D eigenvalue weighted by Gasteiger charge is -2.39. The van der Waals surface area contributed by atoms with Crippen molar-refractivity contribution < 1.29 is 4.74 Å². The molecule has 5 rings (SSSR count). The van der Waals surface area contributed by atoms with Gasteiger partial charge in [0, 0.05) is 37.6 Å². The van der Waals surface area contributed by atoms with Crippen LogP contribution in [-0.2, 0) is 0 Å². The minimum atomic E-state index is 0. The number of hydrogen-bond donors (Lipinski definition) is 1. The molecule has 0 radical (unpaired) electrons. The third kappa shape index (κ3) is 6.21. The number of hydrogen-bond acceptors (Lipinski definition) is 7. The van der Waals surface area contributed by atoms with Crippen molar-refractivity contribution in [2.45, 2.75) is 19.3 Å². The minimum absolute atomic E-state index is 0. The lowest BCUT2D eigenvalue weighted by atomic mass is 9.78. The number of ether oxygens (including phenoxy) is 1. The van der Waals surface area contributed by atoms with Crippen LogP contribution in [0.5, 0.6) is 5.75 Å². The Morgan fingerprint density at radius 1 is 0.909 bits per heavy atom. The smallest absolute Gasteiger partial charge is 0.162 e. The van der Waals surface area contributed by atoms with E-state index in [1.165, 1.54) is 19.3 Å². The SMILES string of the molecule is COc1cncc2nc(-c3ccncc3)nc(N3CCC4(CCNC4)CC3)c12.Cl.Cl.Cl.Cl.Cl. The van der Waals surface area contributed by atoms with Gasteiger partial charge in [-0.3, -0.25) is 9.97 Å². The molecule has 7 nitrogen and oxygen atoms in total. The summed E-state index contributed by atoms with van der Waals surface area (Å²) in [5.74, 6) is 2.36. The largest absolute Gasteiger partial charge is 0.494 e. The molecule has 3 aromatic rings. The molecule has 1 N–H and O–H groups in total. The monoisotopic (exact) mass is 556 g/mol. The average molecular weight is 559 g/mol. The average Bonchev–Trinajstić information content (AvgIpc) is 3.21. The van der Waals surface area contributed by atoms with Gasteiger partial charge in [-0.25, -0.2) is 9.97 Å². The summed E-state index contributed by atoms with van der Waals surface area (Å²) in [7, 11) is 1.67. The summed E-state index contributed by atoms with van der Waals surface area (Å²) in [6.45, 7) is 4.27. The second kappa shape index (κ2) is 13.5. The molecule has 0 bridgehead atoms. The fraction of sp³-hybridized carbons (Fsp3) is 0.429. The van der Waals surface area contributed by atoms with Crippen LogP contribution in [0.15, 0.2) is 36.9 Å². The number of methoxy groups -OCH3 is 1. The van der Waals surface area contributed by atoms with Crippen molar-refractivity contribution in [3.05, 3.63) is 36.9 Å². The Bertz CT molecular complexity index is 997. The van der Waals surface area contributed by atoms with E-state index >= 15 is 0 Å². The van der Waals surface area contributed by atoms with Gasteiger partial charge in [-0.15, -0.1) is 62.0 Å². The number of halogens is 5. The first-order valence-corrected chi connectivity index (χ1v) is 9.84. The number of nitrogens with zero attached hydrogens (tertiary/aromatic N) is 5. The Balaban J connectivity index is 0.00000205. The maximum atomic E-state index is 5.61. The van der Waals surface area contributed by atoms with Crippen molar-refractivity contribution in [2.24, 2.45) is 5.41 Å². The number of pyridine rings is 2. The Morgan fingerprint density at radius 2 is 1.61 bits per heavy atom. The quantitative estimate of drug-likeness (QED) is 0.496. The normalized spacial score (nSPS) is 15.8. The van der Waals surface area contributed by atoms with E-state index < -0.39 is 0 Å². The molecule has 33 heavy (non-hydrogen) atoms. The van der Waals surface area contributed by atoms with Gasteiger partial charge >= 0.3 is 0 Å². The molecule has 2 aliphatic heterocycles. The van der Waals surface area contributed by atoms with Crippen LogP contribution in [0, 0.1) is 5.41 Å². The molecule has 12 heteroatoms. The van der Waals surface area contributed by atoms with Crippen LogP contribution in [0.25, 0.3) is 22.3 Å². The van der Waals surface area contributed by atoms with E-state index in [4.69, 9.17) is 14.7 Å². The van der Waals surface area contributed by atoms with Gasteiger partial charge in [0.25, 0.3) is 0 Å². The van der Waals surface area contributed by atoms with Crippen LogP contribution in [0.2, 0.25) is 0 Å². The number of piperidine rings is 1. The van der Waals surface area contributed by atoms with Gasteiger partial charge in [-0.05, 0) is 43.4 Å². The number of nitrogens with one attached hydrogen (secondary N) is 1. The number of rotatable bonds is 3. The van der Waals surface area contributed by atoms with Crippen molar-refractivity contribution in [1.29, 1.82) is 0 Å². The van der Waals surface area contributed by atoms with Crippen molar-refractivity contribution in [1.82, 2.24) is 25.3 Å². The molecule has 0 amide bonds. The first kappa shape index (κ1) is 31.6. The molecule has 0 saturated carbocycles. The molecular weight excluding hydrogens is 530 g/mol. The third-order valence-electron chi connectivity index (χ3n) is 6.17. The summed E-state index contributed by atoms with van der Waals surface area (Å²) in [4.78, 5) is 20.6. The van der Waals surface area contributed by atoms with Gasteiger partial charge < -0.3 is 15.0 Å².